The molecular weight excluding hydrogens is 252 g/mol. The number of ether oxygens (including phenoxy) is 1. The van der Waals surface area contributed by atoms with E-state index in [1.807, 2.05) is 0 Å². The summed E-state index contributed by atoms with van der Waals surface area (Å²) in [6, 6.07) is 0.434. The van der Waals surface area contributed by atoms with E-state index in [1.54, 1.807) is 0 Å². The number of hydrogen-bond acceptors (Lipinski definition) is 4. The Labute approximate surface area is 110 Å². The Bertz CT molecular complexity index is 394. The third-order valence-corrected chi connectivity index (χ3v) is 4.91. The van der Waals surface area contributed by atoms with Crippen LogP contribution in [0.4, 0.5) is 0 Å². The van der Waals surface area contributed by atoms with Gasteiger partial charge in [0.05, 0.1) is 12.4 Å². The summed E-state index contributed by atoms with van der Waals surface area (Å²) < 4.78 is 30.2. The Balaban J connectivity index is 1.79. The average Bonchev–Trinajstić information content (AvgIpc) is 2.27. The largest absolute Gasteiger partial charge is 0.377 e. The zero-order valence-corrected chi connectivity index (χ0v) is 12.2. The Morgan fingerprint density at radius 1 is 1.33 bits per heavy atom. The van der Waals surface area contributed by atoms with Crippen LogP contribution in [-0.4, -0.2) is 46.5 Å². The zero-order chi connectivity index (χ0) is 13.4. The fourth-order valence-corrected chi connectivity index (χ4v) is 3.87. The van der Waals surface area contributed by atoms with Crippen LogP contribution in [0.15, 0.2) is 0 Å². The van der Waals surface area contributed by atoms with Gasteiger partial charge in [-0.15, -0.1) is 0 Å². The number of fused-ring (bicyclic) bond motifs is 1. The number of hydrogen-bond donors (Lipinski definition) is 2. The number of rotatable bonds is 5. The normalized spacial score (nSPS) is 34.7. The van der Waals surface area contributed by atoms with Gasteiger partial charge in [0.2, 0.25) is 10.0 Å². The molecule has 6 heteroatoms. The van der Waals surface area contributed by atoms with E-state index in [0.717, 1.165) is 13.0 Å². The van der Waals surface area contributed by atoms with Crippen LogP contribution in [-0.2, 0) is 14.8 Å². The van der Waals surface area contributed by atoms with Gasteiger partial charge in [0.1, 0.15) is 0 Å². The van der Waals surface area contributed by atoms with Crippen LogP contribution in [0, 0.1) is 11.3 Å². The summed E-state index contributed by atoms with van der Waals surface area (Å²) in [6.45, 7) is 6.45. The first-order valence-electron chi connectivity index (χ1n) is 6.62. The molecule has 0 radical (unpaired) electrons. The van der Waals surface area contributed by atoms with Crippen LogP contribution in [0.2, 0.25) is 0 Å². The van der Waals surface area contributed by atoms with E-state index >= 15 is 0 Å². The molecule has 0 aromatic carbocycles. The molecule has 1 aliphatic carbocycles. The first-order chi connectivity index (χ1) is 8.32. The van der Waals surface area contributed by atoms with Crippen LogP contribution in [0.1, 0.15) is 26.7 Å². The van der Waals surface area contributed by atoms with Crippen molar-refractivity contribution in [1.29, 1.82) is 0 Å². The van der Waals surface area contributed by atoms with Crippen molar-refractivity contribution < 1.29 is 13.2 Å². The van der Waals surface area contributed by atoms with Crippen molar-refractivity contribution in [3.8, 4) is 0 Å². The molecule has 1 aliphatic heterocycles. The molecule has 1 saturated carbocycles. The third-order valence-electron chi connectivity index (χ3n) is 4.18. The summed E-state index contributed by atoms with van der Waals surface area (Å²) in [7, 11) is -3.08. The number of nitrogens with one attached hydrogen (secondary N) is 2. The van der Waals surface area contributed by atoms with Crippen LogP contribution in [0.25, 0.3) is 0 Å². The highest BCUT2D eigenvalue weighted by Crippen LogP contribution is 2.51. The van der Waals surface area contributed by atoms with Crippen molar-refractivity contribution in [2.24, 2.45) is 11.3 Å². The van der Waals surface area contributed by atoms with Crippen molar-refractivity contribution in [3.63, 3.8) is 0 Å². The lowest BCUT2D eigenvalue weighted by Gasteiger charge is -2.60. The van der Waals surface area contributed by atoms with E-state index in [4.69, 9.17) is 4.74 Å². The van der Waals surface area contributed by atoms with Gasteiger partial charge < -0.3 is 10.1 Å². The summed E-state index contributed by atoms with van der Waals surface area (Å²) in [5, 5.41) is 3.47. The molecule has 5 nitrogen and oxygen atoms in total. The fraction of sp³-hybridized carbons (Fsp3) is 1.00. The van der Waals surface area contributed by atoms with Gasteiger partial charge in [0.15, 0.2) is 0 Å². The third kappa shape index (κ3) is 2.87. The van der Waals surface area contributed by atoms with Gasteiger partial charge in [-0.2, -0.15) is 0 Å². The van der Waals surface area contributed by atoms with Gasteiger partial charge in [-0.3, -0.25) is 0 Å². The lowest BCUT2D eigenvalue weighted by molar-refractivity contribution is -0.192. The molecule has 0 bridgehead atoms. The van der Waals surface area contributed by atoms with E-state index in [9.17, 15) is 8.42 Å². The maximum atomic E-state index is 11.0. The molecule has 3 unspecified atom stereocenters. The van der Waals surface area contributed by atoms with Crippen molar-refractivity contribution in [1.82, 2.24) is 10.0 Å². The highest BCUT2D eigenvalue weighted by Gasteiger charge is 2.57. The molecule has 0 aromatic heterocycles. The minimum absolute atomic E-state index is 0.149. The first kappa shape index (κ1) is 14.2. The second kappa shape index (κ2) is 5.07. The Hall–Kier alpha value is -0.170. The fourth-order valence-electron chi connectivity index (χ4n) is 3.40. The second-order valence-electron chi connectivity index (χ2n) is 6.02. The smallest absolute Gasteiger partial charge is 0.208 e. The SMILES string of the molecule is CC1(C)C(NCCNS(C)(=O)=O)C2CCCOC21. The Kier molecular flexibility index (Phi) is 4.02. The molecule has 0 spiro atoms. The molecule has 2 aliphatic rings. The van der Waals surface area contributed by atoms with E-state index in [2.05, 4.69) is 23.9 Å². The van der Waals surface area contributed by atoms with Gasteiger partial charge in [0.25, 0.3) is 0 Å². The quantitative estimate of drug-likeness (QED) is 0.710. The van der Waals surface area contributed by atoms with Crippen molar-refractivity contribution in [2.45, 2.75) is 38.8 Å². The predicted octanol–water partition coefficient (Wildman–Crippen LogP) is 0.329. The molecule has 2 fully saturated rings. The summed E-state index contributed by atoms with van der Waals surface area (Å²) in [5.41, 5.74) is 0.149. The summed E-state index contributed by atoms with van der Waals surface area (Å²) >= 11 is 0. The summed E-state index contributed by atoms with van der Waals surface area (Å²) in [6.07, 6.45) is 3.90. The highest BCUT2D eigenvalue weighted by atomic mass is 32.2. The highest BCUT2D eigenvalue weighted by molar-refractivity contribution is 7.88. The monoisotopic (exact) mass is 276 g/mol. The standard InChI is InChI=1S/C12H24N2O3S/c1-12(2)10(9-5-4-8-17-11(9)12)13-6-7-14-18(3,15)16/h9-11,13-14H,4-8H2,1-3H3. The van der Waals surface area contributed by atoms with Crippen LogP contribution >= 0.6 is 0 Å². The molecule has 18 heavy (non-hydrogen) atoms. The topological polar surface area (TPSA) is 67.4 Å². The molecule has 3 atom stereocenters. The van der Waals surface area contributed by atoms with Gasteiger partial charge in [0, 0.05) is 37.1 Å². The van der Waals surface area contributed by atoms with Gasteiger partial charge in [-0.1, -0.05) is 13.8 Å². The summed E-state index contributed by atoms with van der Waals surface area (Å²) in [4.78, 5) is 0. The van der Waals surface area contributed by atoms with Gasteiger partial charge in [-0.25, -0.2) is 13.1 Å². The van der Waals surface area contributed by atoms with Gasteiger partial charge in [-0.05, 0) is 12.8 Å². The first-order valence-corrected chi connectivity index (χ1v) is 8.51. The Morgan fingerprint density at radius 2 is 2.06 bits per heavy atom. The molecule has 106 valence electrons. The van der Waals surface area contributed by atoms with Crippen molar-refractivity contribution in [3.05, 3.63) is 0 Å². The van der Waals surface area contributed by atoms with E-state index in [-0.39, 0.29) is 5.41 Å². The molecule has 1 heterocycles. The minimum Gasteiger partial charge on any atom is -0.377 e. The molecule has 2 rings (SSSR count). The molecule has 0 amide bonds. The maximum absolute atomic E-state index is 11.0. The molecule has 0 aromatic rings. The molecule has 1 saturated heterocycles. The van der Waals surface area contributed by atoms with E-state index < -0.39 is 10.0 Å². The van der Waals surface area contributed by atoms with Crippen LogP contribution in [0.5, 0.6) is 0 Å². The summed E-state index contributed by atoms with van der Waals surface area (Å²) in [5.74, 6) is 0.590. The lowest BCUT2D eigenvalue weighted by atomic mass is 9.55. The van der Waals surface area contributed by atoms with E-state index in [1.165, 1.54) is 12.7 Å². The molecular formula is C12H24N2O3S. The van der Waals surface area contributed by atoms with Crippen LogP contribution in [0.3, 0.4) is 0 Å². The number of sulfonamides is 1. The Morgan fingerprint density at radius 3 is 2.72 bits per heavy atom. The minimum atomic E-state index is -3.08. The zero-order valence-electron chi connectivity index (χ0n) is 11.4. The second-order valence-corrected chi connectivity index (χ2v) is 7.85. The lowest BCUT2D eigenvalue weighted by Crippen LogP contribution is -2.69. The molecule has 2 N–H and O–H groups in total. The average molecular weight is 276 g/mol. The van der Waals surface area contributed by atoms with Crippen molar-refractivity contribution >= 4 is 10.0 Å². The van der Waals surface area contributed by atoms with Crippen LogP contribution < -0.4 is 10.0 Å². The maximum Gasteiger partial charge on any atom is 0.208 e. The van der Waals surface area contributed by atoms with E-state index in [0.29, 0.717) is 31.2 Å². The van der Waals surface area contributed by atoms with Crippen molar-refractivity contribution in [2.75, 3.05) is 26.0 Å². The predicted molar refractivity (Wildman–Crippen MR) is 70.9 cm³/mol. The van der Waals surface area contributed by atoms with Gasteiger partial charge >= 0.3 is 0 Å².